The summed E-state index contributed by atoms with van der Waals surface area (Å²) in [4.78, 5) is 22.6. The fraction of sp³-hybridized carbons (Fsp3) is 0.737. The van der Waals surface area contributed by atoms with Gasteiger partial charge in [-0.3, -0.25) is 9.13 Å². The van der Waals surface area contributed by atoms with E-state index in [-0.39, 0.29) is 47.9 Å². The van der Waals surface area contributed by atoms with Crippen LogP contribution in [0.1, 0.15) is 59.6 Å². The number of ether oxygens (including phenoxy) is 1. The number of aliphatic hydroxyl groups is 3. The normalized spacial score (nSPS) is 27.5. The van der Waals surface area contributed by atoms with Gasteiger partial charge in [0.05, 0.1) is 18.0 Å². The second-order valence-corrected chi connectivity index (χ2v) is 11.0. The van der Waals surface area contributed by atoms with Gasteiger partial charge in [0, 0.05) is 6.42 Å². The Morgan fingerprint density at radius 2 is 1.88 bits per heavy atom. The van der Waals surface area contributed by atoms with E-state index < -0.39 is 43.1 Å². The standard InChI is InChI=1S/C19H31ClN5O7P/c1-5-18(4,32-33(29,30)19(28,6-2)7-3)8-10-12(26)13(27)16(31-10)25-9-22-11-14(20)23-17(21)24-15(11)25/h9-10,12-13,16,26-28H,5-8H2,1-4H3,(H,29,30)(H2,21,23,24). The molecule has 6 unspecified atom stereocenters. The van der Waals surface area contributed by atoms with E-state index in [1.54, 1.807) is 27.7 Å². The Morgan fingerprint density at radius 3 is 2.45 bits per heavy atom. The van der Waals surface area contributed by atoms with Crippen molar-refractivity contribution in [1.29, 1.82) is 0 Å². The second-order valence-electron chi connectivity index (χ2n) is 8.55. The molecule has 6 atom stereocenters. The van der Waals surface area contributed by atoms with Gasteiger partial charge in [-0.1, -0.05) is 32.4 Å². The van der Waals surface area contributed by atoms with Gasteiger partial charge in [-0.25, -0.2) is 4.98 Å². The van der Waals surface area contributed by atoms with Crippen LogP contribution in [0.2, 0.25) is 5.15 Å². The number of hydrogen-bond donors (Lipinski definition) is 5. The fourth-order valence-corrected chi connectivity index (χ4v) is 5.91. The molecule has 33 heavy (non-hydrogen) atoms. The van der Waals surface area contributed by atoms with Crippen molar-refractivity contribution < 1.29 is 34.0 Å². The lowest BCUT2D eigenvalue weighted by atomic mass is 9.93. The van der Waals surface area contributed by atoms with Crippen molar-refractivity contribution in [1.82, 2.24) is 19.5 Å². The van der Waals surface area contributed by atoms with Crippen LogP contribution < -0.4 is 5.73 Å². The third kappa shape index (κ3) is 4.76. The van der Waals surface area contributed by atoms with E-state index in [1.807, 2.05) is 0 Å². The number of aliphatic hydroxyl groups excluding tert-OH is 2. The summed E-state index contributed by atoms with van der Waals surface area (Å²) in [6.45, 7) is 6.54. The van der Waals surface area contributed by atoms with Gasteiger partial charge in [-0.2, -0.15) is 9.97 Å². The quantitative estimate of drug-likeness (QED) is 0.246. The van der Waals surface area contributed by atoms with Crippen LogP contribution in [0.5, 0.6) is 0 Å². The summed E-state index contributed by atoms with van der Waals surface area (Å²) in [7, 11) is -4.46. The summed E-state index contributed by atoms with van der Waals surface area (Å²) in [6.07, 6.45) is -3.10. The largest absolute Gasteiger partial charge is 0.388 e. The van der Waals surface area contributed by atoms with Gasteiger partial charge in [0.1, 0.15) is 17.7 Å². The van der Waals surface area contributed by atoms with Crippen LogP contribution in [0.25, 0.3) is 11.2 Å². The Kier molecular flexibility index (Phi) is 7.43. The zero-order valence-corrected chi connectivity index (χ0v) is 20.6. The van der Waals surface area contributed by atoms with Gasteiger partial charge >= 0.3 is 7.60 Å². The van der Waals surface area contributed by atoms with Gasteiger partial charge < -0.3 is 35.2 Å². The molecule has 1 aliphatic rings. The Morgan fingerprint density at radius 1 is 1.24 bits per heavy atom. The predicted octanol–water partition coefficient (Wildman–Crippen LogP) is 1.95. The average Bonchev–Trinajstić information content (AvgIpc) is 3.28. The fourth-order valence-electron chi connectivity index (χ4n) is 3.92. The molecule has 2 aromatic rings. The van der Waals surface area contributed by atoms with Crippen molar-refractivity contribution in [2.24, 2.45) is 0 Å². The number of rotatable bonds is 9. The van der Waals surface area contributed by atoms with E-state index in [1.165, 1.54) is 10.9 Å². The molecular formula is C19H31ClN5O7P. The number of fused-ring (bicyclic) bond motifs is 1. The first kappa shape index (κ1) is 26.2. The number of nitrogen functional groups attached to an aromatic ring is 1. The Balaban J connectivity index is 1.86. The maximum atomic E-state index is 12.9. The van der Waals surface area contributed by atoms with E-state index in [4.69, 9.17) is 26.6 Å². The first-order valence-corrected chi connectivity index (χ1v) is 12.7. The van der Waals surface area contributed by atoms with E-state index in [0.717, 1.165) is 0 Å². The van der Waals surface area contributed by atoms with Gasteiger partial charge in [-0.15, -0.1) is 0 Å². The van der Waals surface area contributed by atoms with Gasteiger partial charge in [0.2, 0.25) is 5.95 Å². The highest BCUT2D eigenvalue weighted by molar-refractivity contribution is 7.54. The highest BCUT2D eigenvalue weighted by Crippen LogP contribution is 2.60. The summed E-state index contributed by atoms with van der Waals surface area (Å²) in [5, 5.41) is 30.1. The molecule has 14 heteroatoms. The number of imidazole rings is 1. The monoisotopic (exact) mass is 507 g/mol. The second kappa shape index (κ2) is 9.35. The molecule has 3 heterocycles. The van der Waals surface area contributed by atoms with E-state index in [0.29, 0.717) is 0 Å². The van der Waals surface area contributed by atoms with Gasteiger partial charge in [0.15, 0.2) is 22.4 Å². The van der Waals surface area contributed by atoms with Crippen LogP contribution in [0.4, 0.5) is 5.95 Å². The number of nitrogens with two attached hydrogens (primary N) is 1. The minimum atomic E-state index is -4.46. The van der Waals surface area contributed by atoms with Crippen molar-refractivity contribution in [3.05, 3.63) is 11.5 Å². The Bertz CT molecular complexity index is 1050. The minimum Gasteiger partial charge on any atom is -0.388 e. The molecule has 6 N–H and O–H groups in total. The summed E-state index contributed by atoms with van der Waals surface area (Å²) < 4.78 is 25.9. The van der Waals surface area contributed by atoms with Gasteiger partial charge in [0.25, 0.3) is 0 Å². The summed E-state index contributed by atoms with van der Waals surface area (Å²) >= 11 is 6.06. The number of aromatic nitrogens is 4. The first-order valence-electron chi connectivity index (χ1n) is 10.7. The molecule has 0 spiro atoms. The molecule has 1 fully saturated rings. The molecule has 0 bridgehead atoms. The summed E-state index contributed by atoms with van der Waals surface area (Å²) in [5.41, 5.74) is 4.90. The maximum absolute atomic E-state index is 12.9. The molecule has 1 saturated heterocycles. The molecular weight excluding hydrogens is 477 g/mol. The summed E-state index contributed by atoms with van der Waals surface area (Å²) in [5.74, 6) is -0.0937. The lowest BCUT2D eigenvalue weighted by Gasteiger charge is -2.38. The first-order chi connectivity index (χ1) is 15.3. The van der Waals surface area contributed by atoms with Crippen molar-refractivity contribution in [3.63, 3.8) is 0 Å². The van der Waals surface area contributed by atoms with Crippen molar-refractivity contribution >= 4 is 36.3 Å². The van der Waals surface area contributed by atoms with Crippen molar-refractivity contribution in [2.75, 3.05) is 5.73 Å². The van der Waals surface area contributed by atoms with Crippen LogP contribution in [0, 0.1) is 0 Å². The number of nitrogens with zero attached hydrogens (tertiary/aromatic N) is 4. The van der Waals surface area contributed by atoms with Crippen molar-refractivity contribution in [2.45, 2.75) is 88.9 Å². The van der Waals surface area contributed by atoms with E-state index in [9.17, 15) is 24.8 Å². The van der Waals surface area contributed by atoms with Gasteiger partial charge in [-0.05, 0) is 26.2 Å². The number of halogens is 1. The molecule has 0 saturated carbocycles. The predicted molar refractivity (Wildman–Crippen MR) is 120 cm³/mol. The molecule has 3 rings (SSSR count). The third-order valence-electron chi connectivity index (χ3n) is 6.39. The zero-order chi connectivity index (χ0) is 24.8. The highest BCUT2D eigenvalue weighted by Gasteiger charge is 2.51. The Labute approximate surface area is 196 Å². The number of anilines is 1. The van der Waals surface area contributed by atoms with Crippen LogP contribution in [0.3, 0.4) is 0 Å². The molecule has 186 valence electrons. The molecule has 2 aromatic heterocycles. The Hall–Kier alpha value is -1.37. The lowest BCUT2D eigenvalue weighted by Crippen LogP contribution is -2.40. The van der Waals surface area contributed by atoms with Crippen LogP contribution in [0.15, 0.2) is 6.33 Å². The lowest BCUT2D eigenvalue weighted by molar-refractivity contribution is -0.0696. The molecule has 1 aliphatic heterocycles. The average molecular weight is 508 g/mol. The molecule has 0 amide bonds. The van der Waals surface area contributed by atoms with Crippen LogP contribution >= 0.6 is 19.2 Å². The third-order valence-corrected chi connectivity index (χ3v) is 9.03. The van der Waals surface area contributed by atoms with E-state index in [2.05, 4.69) is 15.0 Å². The molecule has 0 aliphatic carbocycles. The SMILES string of the molecule is CCC(C)(CC1OC(n2cnc3c(Cl)nc(N)nc32)C(O)C1O)OP(=O)(O)C(O)(CC)CC. The molecule has 12 nitrogen and oxygen atoms in total. The molecule has 0 aromatic carbocycles. The number of hydrogen-bond acceptors (Lipinski definition) is 10. The summed E-state index contributed by atoms with van der Waals surface area (Å²) in [6, 6.07) is 0. The topological polar surface area (TPSA) is 186 Å². The smallest absolute Gasteiger partial charge is 0.359 e. The minimum absolute atomic E-state index is 0.0294. The van der Waals surface area contributed by atoms with Crippen molar-refractivity contribution in [3.8, 4) is 0 Å². The molecule has 0 radical (unpaired) electrons. The zero-order valence-electron chi connectivity index (χ0n) is 18.9. The highest BCUT2D eigenvalue weighted by atomic mass is 35.5. The van der Waals surface area contributed by atoms with Crippen LogP contribution in [-0.2, 0) is 13.8 Å². The maximum Gasteiger partial charge on any atom is 0.359 e. The van der Waals surface area contributed by atoms with E-state index >= 15 is 0 Å². The van der Waals surface area contributed by atoms with Crippen LogP contribution in [-0.4, -0.2) is 69.0 Å².